The van der Waals surface area contributed by atoms with Crippen LogP contribution in [-0.2, 0) is 5.41 Å². The van der Waals surface area contributed by atoms with Crippen LogP contribution in [-0.4, -0.2) is 14.8 Å². The quantitative estimate of drug-likeness (QED) is 0.419. The van der Waals surface area contributed by atoms with E-state index in [0.717, 1.165) is 16.8 Å². The number of nitrogens with zero attached hydrogens (tertiary/aromatic N) is 3. The molecular formula is C24H21F2N3. The van der Waals surface area contributed by atoms with Gasteiger partial charge in [0, 0.05) is 16.8 Å². The fourth-order valence-corrected chi connectivity index (χ4v) is 3.21. The van der Waals surface area contributed by atoms with Gasteiger partial charge in [-0.15, -0.1) is 10.2 Å². The molecule has 0 bridgehead atoms. The van der Waals surface area contributed by atoms with Gasteiger partial charge in [-0.3, -0.25) is 4.57 Å². The van der Waals surface area contributed by atoms with Gasteiger partial charge in [0.25, 0.3) is 0 Å². The minimum atomic E-state index is -0.312. The number of hydrogen-bond acceptors (Lipinski definition) is 2. The summed E-state index contributed by atoms with van der Waals surface area (Å²) in [6, 6.07) is 20.5. The molecule has 5 heteroatoms. The van der Waals surface area contributed by atoms with Crippen LogP contribution in [0.2, 0.25) is 0 Å². The lowest BCUT2D eigenvalue weighted by atomic mass is 9.87. The van der Waals surface area contributed by atoms with Crippen molar-refractivity contribution in [3.63, 3.8) is 0 Å². The lowest BCUT2D eigenvalue weighted by Gasteiger charge is -2.20. The SMILES string of the molecule is CC(C)(C)c1ccc(-n2c(-c3ccc(F)cc3)nnc2-c2ccc(F)cc2)cc1. The molecule has 29 heavy (non-hydrogen) atoms. The molecule has 0 atom stereocenters. The summed E-state index contributed by atoms with van der Waals surface area (Å²) in [5, 5.41) is 8.72. The van der Waals surface area contributed by atoms with Gasteiger partial charge >= 0.3 is 0 Å². The first-order valence-corrected chi connectivity index (χ1v) is 9.41. The zero-order valence-corrected chi connectivity index (χ0v) is 16.5. The number of benzene rings is 3. The maximum atomic E-state index is 13.4. The molecule has 0 aliphatic carbocycles. The van der Waals surface area contributed by atoms with Crippen LogP contribution in [0.3, 0.4) is 0 Å². The Labute approximate surface area is 168 Å². The van der Waals surface area contributed by atoms with Crippen molar-refractivity contribution >= 4 is 0 Å². The molecule has 0 unspecified atom stereocenters. The monoisotopic (exact) mass is 389 g/mol. The van der Waals surface area contributed by atoms with Crippen LogP contribution in [0.15, 0.2) is 72.8 Å². The first-order chi connectivity index (χ1) is 13.8. The largest absolute Gasteiger partial charge is 0.275 e. The first-order valence-electron chi connectivity index (χ1n) is 9.41. The zero-order valence-electron chi connectivity index (χ0n) is 16.5. The van der Waals surface area contributed by atoms with Crippen LogP contribution in [0.5, 0.6) is 0 Å². The predicted molar refractivity (Wildman–Crippen MR) is 111 cm³/mol. The molecule has 3 aromatic carbocycles. The molecule has 0 saturated heterocycles. The van der Waals surface area contributed by atoms with E-state index in [1.807, 2.05) is 16.7 Å². The Morgan fingerprint density at radius 1 is 0.621 bits per heavy atom. The number of halogens is 2. The number of rotatable bonds is 3. The van der Waals surface area contributed by atoms with Crippen LogP contribution in [0.1, 0.15) is 26.3 Å². The standard InChI is InChI=1S/C24H21F2N3/c1-24(2,3)18-8-14-21(15-9-18)29-22(16-4-10-19(25)11-5-16)27-28-23(29)17-6-12-20(26)13-7-17/h4-15H,1-3H3. The van der Waals surface area contributed by atoms with Gasteiger partial charge < -0.3 is 0 Å². The average Bonchev–Trinajstić information content (AvgIpc) is 3.13. The molecular weight excluding hydrogens is 368 g/mol. The van der Waals surface area contributed by atoms with E-state index in [-0.39, 0.29) is 17.0 Å². The lowest BCUT2D eigenvalue weighted by Crippen LogP contribution is -2.11. The van der Waals surface area contributed by atoms with Crippen LogP contribution in [0, 0.1) is 11.6 Å². The van der Waals surface area contributed by atoms with E-state index in [1.165, 1.54) is 29.8 Å². The van der Waals surface area contributed by atoms with E-state index in [4.69, 9.17) is 0 Å². The normalized spacial score (nSPS) is 11.6. The Hall–Kier alpha value is -3.34. The predicted octanol–water partition coefficient (Wildman–Crippen LogP) is 6.18. The number of hydrogen-bond donors (Lipinski definition) is 0. The van der Waals surface area contributed by atoms with Gasteiger partial charge in [-0.25, -0.2) is 8.78 Å². The van der Waals surface area contributed by atoms with E-state index in [9.17, 15) is 8.78 Å². The highest BCUT2D eigenvalue weighted by Crippen LogP contribution is 2.30. The van der Waals surface area contributed by atoms with Crippen LogP contribution < -0.4 is 0 Å². The van der Waals surface area contributed by atoms with Gasteiger partial charge in [0.15, 0.2) is 11.6 Å². The summed E-state index contributed by atoms with van der Waals surface area (Å²) in [7, 11) is 0. The van der Waals surface area contributed by atoms with Gasteiger partial charge in [-0.05, 0) is 71.6 Å². The van der Waals surface area contributed by atoms with Crippen molar-refractivity contribution in [3.8, 4) is 28.5 Å². The minimum Gasteiger partial charge on any atom is -0.275 e. The third-order valence-electron chi connectivity index (χ3n) is 4.86. The van der Waals surface area contributed by atoms with Gasteiger partial charge in [-0.1, -0.05) is 32.9 Å². The average molecular weight is 389 g/mol. The van der Waals surface area contributed by atoms with E-state index in [0.29, 0.717) is 11.6 Å². The van der Waals surface area contributed by atoms with Crippen molar-refractivity contribution in [1.29, 1.82) is 0 Å². The van der Waals surface area contributed by atoms with Crippen molar-refractivity contribution in [2.24, 2.45) is 0 Å². The Morgan fingerprint density at radius 3 is 1.41 bits per heavy atom. The van der Waals surface area contributed by atoms with Gasteiger partial charge in [0.05, 0.1) is 0 Å². The van der Waals surface area contributed by atoms with Crippen LogP contribution in [0.25, 0.3) is 28.5 Å². The van der Waals surface area contributed by atoms with E-state index in [2.05, 4.69) is 43.1 Å². The molecule has 1 heterocycles. The lowest BCUT2D eigenvalue weighted by molar-refractivity contribution is 0.590. The maximum absolute atomic E-state index is 13.4. The molecule has 0 spiro atoms. The van der Waals surface area contributed by atoms with E-state index < -0.39 is 0 Å². The Bertz CT molecular complexity index is 1060. The van der Waals surface area contributed by atoms with Crippen molar-refractivity contribution in [2.45, 2.75) is 26.2 Å². The molecule has 4 aromatic rings. The highest BCUT2D eigenvalue weighted by Gasteiger charge is 2.19. The fourth-order valence-electron chi connectivity index (χ4n) is 3.21. The summed E-state index contributed by atoms with van der Waals surface area (Å²) in [6.45, 7) is 6.48. The van der Waals surface area contributed by atoms with Crippen LogP contribution >= 0.6 is 0 Å². The molecule has 0 fully saturated rings. The third kappa shape index (κ3) is 3.81. The summed E-state index contributed by atoms with van der Waals surface area (Å²) >= 11 is 0. The Balaban J connectivity index is 1.90. The van der Waals surface area contributed by atoms with Gasteiger partial charge in [0.2, 0.25) is 0 Å². The van der Waals surface area contributed by atoms with Gasteiger partial charge in [-0.2, -0.15) is 0 Å². The second-order valence-corrected chi connectivity index (χ2v) is 7.99. The highest BCUT2D eigenvalue weighted by molar-refractivity contribution is 5.66. The van der Waals surface area contributed by atoms with Crippen molar-refractivity contribution in [1.82, 2.24) is 14.8 Å². The van der Waals surface area contributed by atoms with Crippen molar-refractivity contribution in [2.75, 3.05) is 0 Å². The fraction of sp³-hybridized carbons (Fsp3) is 0.167. The molecule has 3 nitrogen and oxygen atoms in total. The second-order valence-electron chi connectivity index (χ2n) is 7.99. The molecule has 1 aromatic heterocycles. The van der Waals surface area contributed by atoms with E-state index in [1.54, 1.807) is 24.3 Å². The second kappa shape index (κ2) is 7.24. The number of aromatic nitrogens is 3. The molecule has 0 amide bonds. The smallest absolute Gasteiger partial charge is 0.168 e. The van der Waals surface area contributed by atoms with Crippen LogP contribution in [0.4, 0.5) is 8.78 Å². The molecule has 4 rings (SSSR count). The summed E-state index contributed by atoms with van der Waals surface area (Å²) < 4.78 is 28.7. The third-order valence-corrected chi connectivity index (χ3v) is 4.86. The molecule has 0 N–H and O–H groups in total. The molecule has 0 aliphatic rings. The molecule has 0 aliphatic heterocycles. The van der Waals surface area contributed by atoms with Gasteiger partial charge in [0.1, 0.15) is 11.6 Å². The maximum Gasteiger partial charge on any atom is 0.168 e. The highest BCUT2D eigenvalue weighted by atomic mass is 19.1. The topological polar surface area (TPSA) is 30.7 Å². The first kappa shape index (κ1) is 19.0. The van der Waals surface area contributed by atoms with Crippen molar-refractivity contribution in [3.05, 3.63) is 90.0 Å². The Morgan fingerprint density at radius 2 is 1.03 bits per heavy atom. The minimum absolute atomic E-state index is 0.0330. The summed E-state index contributed by atoms with van der Waals surface area (Å²) in [5.41, 5.74) is 3.60. The van der Waals surface area contributed by atoms with Crippen molar-refractivity contribution < 1.29 is 8.78 Å². The molecule has 146 valence electrons. The summed E-state index contributed by atoms with van der Waals surface area (Å²) in [6.07, 6.45) is 0. The molecule has 0 saturated carbocycles. The zero-order chi connectivity index (χ0) is 20.6. The van der Waals surface area contributed by atoms with E-state index >= 15 is 0 Å². The Kier molecular flexibility index (Phi) is 4.74. The summed E-state index contributed by atoms with van der Waals surface area (Å²) in [5.74, 6) is 0.557. The molecule has 0 radical (unpaired) electrons. The summed E-state index contributed by atoms with van der Waals surface area (Å²) in [4.78, 5) is 0.